The fourth-order valence-electron chi connectivity index (χ4n) is 3.23. The minimum Gasteiger partial charge on any atom is -0.493 e. The van der Waals surface area contributed by atoms with Gasteiger partial charge >= 0.3 is 0 Å². The smallest absolute Gasteiger partial charge is 0.127 e. The molecular weight excluding hydrogens is 306 g/mol. The van der Waals surface area contributed by atoms with Crippen molar-refractivity contribution in [2.24, 2.45) is 0 Å². The van der Waals surface area contributed by atoms with E-state index in [1.807, 2.05) is 0 Å². The maximum atomic E-state index is 10.2. The minimum absolute atomic E-state index is 0.454. The number of halogens is 1. The van der Waals surface area contributed by atoms with Gasteiger partial charge in [0.25, 0.3) is 0 Å². The van der Waals surface area contributed by atoms with Gasteiger partial charge in [0.15, 0.2) is 0 Å². The maximum Gasteiger partial charge on any atom is 0.127 e. The number of hydrogen-bond acceptors (Lipinski definition) is 3. The van der Waals surface area contributed by atoms with Gasteiger partial charge in [0.2, 0.25) is 0 Å². The maximum absolute atomic E-state index is 10.2. The summed E-state index contributed by atoms with van der Waals surface area (Å²) < 4.78 is 6.86. The Morgan fingerprint density at radius 1 is 1.42 bits per heavy atom. The van der Waals surface area contributed by atoms with E-state index in [4.69, 9.17) is 4.74 Å². The van der Waals surface area contributed by atoms with E-state index in [0.29, 0.717) is 0 Å². The van der Waals surface area contributed by atoms with E-state index in [1.165, 1.54) is 11.1 Å². The first-order valence-electron chi connectivity index (χ1n) is 6.98. The molecule has 104 valence electrons. The molecule has 2 aliphatic rings. The number of β-amino-alcohol motifs (C(OH)–C–C–N with tert-alkyl or cyclic N) is 1. The number of benzene rings is 1. The van der Waals surface area contributed by atoms with Crippen LogP contribution < -0.4 is 4.74 Å². The summed E-state index contributed by atoms with van der Waals surface area (Å²) in [4.78, 5) is 2.29. The van der Waals surface area contributed by atoms with Gasteiger partial charge in [-0.05, 0) is 24.1 Å². The lowest BCUT2D eigenvalue weighted by atomic mass is 9.89. The summed E-state index contributed by atoms with van der Waals surface area (Å²) in [5.41, 5.74) is 2.08. The summed E-state index contributed by atoms with van der Waals surface area (Å²) in [6.07, 6.45) is 2.94. The molecule has 1 aromatic rings. The molecule has 0 saturated carbocycles. The van der Waals surface area contributed by atoms with Gasteiger partial charge in [0.05, 0.1) is 12.2 Å². The van der Waals surface area contributed by atoms with Crippen LogP contribution in [0.3, 0.4) is 0 Å². The number of fused-ring (bicyclic) bond motifs is 1. The first-order chi connectivity index (χ1) is 9.09. The molecular formula is C15H20BrNO2. The molecule has 0 bridgehead atoms. The Bertz CT molecular complexity index is 483. The average Bonchev–Trinajstić information content (AvgIpc) is 2.75. The van der Waals surface area contributed by atoms with Crippen LogP contribution in [0.1, 0.15) is 30.9 Å². The molecule has 3 nitrogen and oxygen atoms in total. The van der Waals surface area contributed by atoms with Crippen LogP contribution in [0, 0.1) is 0 Å². The predicted octanol–water partition coefficient (Wildman–Crippen LogP) is 2.73. The highest BCUT2D eigenvalue weighted by atomic mass is 79.9. The van der Waals surface area contributed by atoms with Gasteiger partial charge in [-0.15, -0.1) is 0 Å². The third kappa shape index (κ3) is 2.67. The quantitative estimate of drug-likeness (QED) is 0.923. The minimum atomic E-state index is -0.454. The van der Waals surface area contributed by atoms with Gasteiger partial charge in [-0.3, -0.25) is 4.90 Å². The Balaban J connectivity index is 1.69. The summed E-state index contributed by atoms with van der Waals surface area (Å²) in [5.74, 6) is 1.06. The van der Waals surface area contributed by atoms with Crippen molar-refractivity contribution in [1.29, 1.82) is 0 Å². The molecule has 1 aromatic carbocycles. The zero-order chi connectivity index (χ0) is 13.5. The van der Waals surface area contributed by atoms with Gasteiger partial charge in [-0.1, -0.05) is 29.3 Å². The normalized spacial score (nSPS) is 20.8. The molecule has 1 fully saturated rings. The lowest BCUT2D eigenvalue weighted by molar-refractivity contribution is -0.106. The SMILES string of the molecule is CCCC1(O)CN(Cc2cc(Br)cc3c2OCC3)C1. The second kappa shape index (κ2) is 5.08. The molecule has 1 saturated heterocycles. The van der Waals surface area contributed by atoms with Gasteiger partial charge in [0.1, 0.15) is 5.75 Å². The van der Waals surface area contributed by atoms with Crippen LogP contribution in [-0.4, -0.2) is 35.3 Å². The molecule has 2 aliphatic heterocycles. The molecule has 3 rings (SSSR count). The van der Waals surface area contributed by atoms with E-state index in [1.54, 1.807) is 0 Å². The van der Waals surface area contributed by atoms with Gasteiger partial charge in [0, 0.05) is 36.1 Å². The Labute approximate surface area is 122 Å². The molecule has 0 radical (unpaired) electrons. The molecule has 0 aliphatic carbocycles. The second-order valence-corrected chi connectivity index (χ2v) is 6.69. The van der Waals surface area contributed by atoms with Crippen molar-refractivity contribution in [2.45, 2.75) is 38.3 Å². The lowest BCUT2D eigenvalue weighted by Crippen LogP contribution is -2.60. The Morgan fingerprint density at radius 2 is 2.21 bits per heavy atom. The topological polar surface area (TPSA) is 32.7 Å². The molecule has 4 heteroatoms. The Hall–Kier alpha value is -0.580. The zero-order valence-electron chi connectivity index (χ0n) is 11.3. The fraction of sp³-hybridized carbons (Fsp3) is 0.600. The second-order valence-electron chi connectivity index (χ2n) is 5.77. The van der Waals surface area contributed by atoms with Crippen LogP contribution in [0.15, 0.2) is 16.6 Å². The van der Waals surface area contributed by atoms with E-state index < -0.39 is 5.60 Å². The molecule has 2 heterocycles. The first-order valence-corrected chi connectivity index (χ1v) is 7.78. The highest BCUT2D eigenvalue weighted by Crippen LogP contribution is 2.35. The van der Waals surface area contributed by atoms with Gasteiger partial charge in [-0.25, -0.2) is 0 Å². The number of ether oxygens (including phenoxy) is 1. The fourth-order valence-corrected chi connectivity index (χ4v) is 3.78. The number of nitrogens with zero attached hydrogens (tertiary/aromatic N) is 1. The molecule has 0 spiro atoms. The summed E-state index contributed by atoms with van der Waals surface area (Å²) in [5, 5.41) is 10.2. The highest BCUT2D eigenvalue weighted by Gasteiger charge is 2.40. The van der Waals surface area contributed by atoms with Crippen molar-refractivity contribution in [3.63, 3.8) is 0 Å². The van der Waals surface area contributed by atoms with Crippen LogP contribution in [0.25, 0.3) is 0 Å². The number of hydrogen-bond donors (Lipinski definition) is 1. The van der Waals surface area contributed by atoms with Crippen molar-refractivity contribution < 1.29 is 9.84 Å². The van der Waals surface area contributed by atoms with E-state index in [0.717, 1.165) is 55.7 Å². The van der Waals surface area contributed by atoms with E-state index in [9.17, 15) is 5.11 Å². The molecule has 0 aromatic heterocycles. The largest absolute Gasteiger partial charge is 0.493 e. The average molecular weight is 326 g/mol. The van der Waals surface area contributed by atoms with Crippen LogP contribution in [0.5, 0.6) is 5.75 Å². The van der Waals surface area contributed by atoms with Crippen LogP contribution in [0.2, 0.25) is 0 Å². The van der Waals surface area contributed by atoms with Crippen LogP contribution in [0.4, 0.5) is 0 Å². The van der Waals surface area contributed by atoms with Crippen LogP contribution >= 0.6 is 15.9 Å². The van der Waals surface area contributed by atoms with E-state index in [-0.39, 0.29) is 0 Å². The number of likely N-dealkylation sites (tertiary alicyclic amines) is 1. The summed E-state index contributed by atoms with van der Waals surface area (Å²) in [6.45, 7) is 5.34. The third-order valence-corrected chi connectivity index (χ3v) is 4.43. The summed E-state index contributed by atoms with van der Waals surface area (Å²) >= 11 is 3.57. The van der Waals surface area contributed by atoms with Crippen molar-refractivity contribution >= 4 is 15.9 Å². The van der Waals surface area contributed by atoms with Crippen LogP contribution in [-0.2, 0) is 13.0 Å². The van der Waals surface area contributed by atoms with Crippen molar-refractivity contribution in [1.82, 2.24) is 4.90 Å². The summed E-state index contributed by atoms with van der Waals surface area (Å²) in [6, 6.07) is 4.29. The van der Waals surface area contributed by atoms with Crippen molar-refractivity contribution in [2.75, 3.05) is 19.7 Å². The molecule has 0 amide bonds. The lowest BCUT2D eigenvalue weighted by Gasteiger charge is -2.46. The molecule has 0 atom stereocenters. The molecule has 0 unspecified atom stereocenters. The first kappa shape index (κ1) is 13.4. The highest BCUT2D eigenvalue weighted by molar-refractivity contribution is 9.10. The molecule has 1 N–H and O–H groups in total. The van der Waals surface area contributed by atoms with Crippen molar-refractivity contribution in [3.8, 4) is 5.75 Å². The van der Waals surface area contributed by atoms with Gasteiger partial charge < -0.3 is 9.84 Å². The zero-order valence-corrected chi connectivity index (χ0v) is 12.9. The number of aliphatic hydroxyl groups is 1. The van der Waals surface area contributed by atoms with E-state index in [2.05, 4.69) is 39.9 Å². The monoisotopic (exact) mass is 325 g/mol. The Morgan fingerprint density at radius 3 is 2.95 bits per heavy atom. The molecule has 19 heavy (non-hydrogen) atoms. The number of rotatable bonds is 4. The van der Waals surface area contributed by atoms with Crippen molar-refractivity contribution in [3.05, 3.63) is 27.7 Å². The standard InChI is InChI=1S/C15H20BrNO2/c1-2-4-15(18)9-17(10-15)8-12-7-13(16)6-11-3-5-19-14(11)12/h6-7,18H,2-5,8-10H2,1H3. The summed E-state index contributed by atoms with van der Waals surface area (Å²) in [7, 11) is 0. The predicted molar refractivity (Wildman–Crippen MR) is 78.5 cm³/mol. The Kier molecular flexibility index (Phi) is 3.58. The van der Waals surface area contributed by atoms with Gasteiger partial charge in [-0.2, -0.15) is 0 Å². The third-order valence-electron chi connectivity index (χ3n) is 3.97. The van der Waals surface area contributed by atoms with E-state index >= 15 is 0 Å².